The van der Waals surface area contributed by atoms with E-state index >= 15 is 0 Å². The molecule has 0 radical (unpaired) electrons. The fraction of sp³-hybridized carbons (Fsp3) is 0.500. The number of fused-ring (bicyclic) bond motifs is 2. The van der Waals surface area contributed by atoms with Crippen LogP contribution in [0.1, 0.15) is 37.7 Å². The largest absolute Gasteiger partial charge is 0.454 e. The molecule has 0 bridgehead atoms. The first-order valence-corrected chi connectivity index (χ1v) is 7.44. The molecule has 1 aliphatic heterocycles. The van der Waals surface area contributed by atoms with E-state index in [0.29, 0.717) is 13.3 Å². The molecule has 1 aromatic carbocycles. The molecule has 2 aromatic rings. The van der Waals surface area contributed by atoms with Gasteiger partial charge in [0.25, 0.3) is 0 Å². The Balaban J connectivity index is 1.87. The highest BCUT2D eigenvalue weighted by molar-refractivity contribution is 5.88. The quantitative estimate of drug-likeness (QED) is 0.883. The second-order valence-electron chi connectivity index (χ2n) is 6.00. The zero-order valence-electron chi connectivity index (χ0n) is 11.6. The maximum atomic E-state index is 6.16. The summed E-state index contributed by atoms with van der Waals surface area (Å²) in [6, 6.07) is 4.14. The second kappa shape index (κ2) is 4.42. The molecule has 2 heterocycles. The molecule has 1 aromatic heterocycles. The zero-order chi connectivity index (χ0) is 13.6. The highest BCUT2D eigenvalue weighted by Gasteiger charge is 2.35. The maximum Gasteiger partial charge on any atom is 0.231 e. The summed E-state index contributed by atoms with van der Waals surface area (Å²) in [5.41, 5.74) is 8.76. The summed E-state index contributed by atoms with van der Waals surface area (Å²) in [5, 5.41) is 1.24. The standard InChI is InChI=1S/C16H20N2O2/c17-9-16(4-2-1-3-5-16)12-8-18-13-7-15-14(6-11(12)13)19-10-20-15/h6-8,18H,1-5,9-10,17H2. The topological polar surface area (TPSA) is 60.3 Å². The molecule has 1 fully saturated rings. The molecule has 4 heteroatoms. The van der Waals surface area contributed by atoms with Crippen molar-refractivity contribution >= 4 is 10.9 Å². The average molecular weight is 272 g/mol. The van der Waals surface area contributed by atoms with E-state index in [2.05, 4.69) is 17.2 Å². The Labute approximate surface area is 118 Å². The summed E-state index contributed by atoms with van der Waals surface area (Å²) in [7, 11) is 0. The van der Waals surface area contributed by atoms with E-state index < -0.39 is 0 Å². The highest BCUT2D eigenvalue weighted by atomic mass is 16.7. The minimum Gasteiger partial charge on any atom is -0.454 e. The van der Waals surface area contributed by atoms with Gasteiger partial charge in [-0.25, -0.2) is 0 Å². The third-order valence-corrected chi connectivity index (χ3v) is 4.95. The van der Waals surface area contributed by atoms with Crippen LogP contribution in [0.25, 0.3) is 10.9 Å². The van der Waals surface area contributed by atoms with Gasteiger partial charge < -0.3 is 20.2 Å². The third-order valence-electron chi connectivity index (χ3n) is 4.95. The molecule has 0 atom stereocenters. The number of benzene rings is 1. The summed E-state index contributed by atoms with van der Waals surface area (Å²) in [6.45, 7) is 1.04. The summed E-state index contributed by atoms with van der Waals surface area (Å²) in [4.78, 5) is 3.38. The van der Waals surface area contributed by atoms with E-state index in [1.54, 1.807) is 0 Å². The lowest BCUT2D eigenvalue weighted by Crippen LogP contribution is -2.36. The van der Waals surface area contributed by atoms with Gasteiger partial charge >= 0.3 is 0 Å². The van der Waals surface area contributed by atoms with Crippen molar-refractivity contribution in [1.82, 2.24) is 4.98 Å². The fourth-order valence-electron chi connectivity index (χ4n) is 3.76. The third kappa shape index (κ3) is 1.64. The van der Waals surface area contributed by atoms with E-state index in [4.69, 9.17) is 15.2 Å². The van der Waals surface area contributed by atoms with Gasteiger partial charge in [-0.05, 0) is 24.5 Å². The first-order chi connectivity index (χ1) is 9.82. The second-order valence-corrected chi connectivity index (χ2v) is 6.00. The van der Waals surface area contributed by atoms with Crippen LogP contribution in [0, 0.1) is 0 Å². The van der Waals surface area contributed by atoms with Crippen LogP contribution < -0.4 is 15.2 Å². The SMILES string of the molecule is NCC1(c2c[nH]c3cc4c(cc23)OCO4)CCCCC1. The molecule has 20 heavy (non-hydrogen) atoms. The van der Waals surface area contributed by atoms with Crippen molar-refractivity contribution in [3.05, 3.63) is 23.9 Å². The van der Waals surface area contributed by atoms with Crippen molar-refractivity contribution < 1.29 is 9.47 Å². The number of rotatable bonds is 2. The van der Waals surface area contributed by atoms with Crippen molar-refractivity contribution in [2.45, 2.75) is 37.5 Å². The molecular weight excluding hydrogens is 252 g/mol. The van der Waals surface area contributed by atoms with Crippen LogP contribution >= 0.6 is 0 Å². The summed E-state index contributed by atoms with van der Waals surface area (Å²) < 4.78 is 11.0. The van der Waals surface area contributed by atoms with Crippen molar-refractivity contribution in [1.29, 1.82) is 0 Å². The van der Waals surface area contributed by atoms with Gasteiger partial charge in [0.2, 0.25) is 6.79 Å². The number of H-pyrrole nitrogens is 1. The minimum absolute atomic E-state index is 0.129. The fourth-order valence-corrected chi connectivity index (χ4v) is 3.76. The van der Waals surface area contributed by atoms with Crippen molar-refractivity contribution in [3.8, 4) is 11.5 Å². The lowest BCUT2D eigenvalue weighted by atomic mass is 9.69. The van der Waals surface area contributed by atoms with Crippen LogP contribution in [0.5, 0.6) is 11.5 Å². The van der Waals surface area contributed by atoms with Crippen LogP contribution in [0.2, 0.25) is 0 Å². The summed E-state index contributed by atoms with van der Waals surface area (Å²) in [5.74, 6) is 1.68. The Bertz CT molecular complexity index is 641. The Kier molecular flexibility index (Phi) is 2.67. The van der Waals surface area contributed by atoms with E-state index in [1.807, 2.05) is 6.07 Å². The van der Waals surface area contributed by atoms with E-state index in [1.165, 1.54) is 43.1 Å². The molecule has 4 nitrogen and oxygen atoms in total. The van der Waals surface area contributed by atoms with Crippen LogP contribution in [0.3, 0.4) is 0 Å². The van der Waals surface area contributed by atoms with Crippen LogP contribution in [0.4, 0.5) is 0 Å². The molecule has 1 saturated carbocycles. The van der Waals surface area contributed by atoms with Crippen LogP contribution in [-0.4, -0.2) is 18.3 Å². The number of nitrogens with two attached hydrogens (primary N) is 1. The first-order valence-electron chi connectivity index (χ1n) is 7.44. The normalized spacial score (nSPS) is 20.4. The van der Waals surface area contributed by atoms with Gasteiger partial charge in [0, 0.05) is 35.1 Å². The molecule has 2 aliphatic rings. The number of nitrogens with one attached hydrogen (secondary N) is 1. The van der Waals surface area contributed by atoms with Crippen LogP contribution in [-0.2, 0) is 5.41 Å². The van der Waals surface area contributed by atoms with E-state index in [9.17, 15) is 0 Å². The van der Waals surface area contributed by atoms with Gasteiger partial charge in [0.05, 0.1) is 0 Å². The monoisotopic (exact) mass is 272 g/mol. The Hall–Kier alpha value is -1.68. The zero-order valence-corrected chi connectivity index (χ0v) is 11.6. The molecule has 0 saturated heterocycles. The van der Waals surface area contributed by atoms with Crippen molar-refractivity contribution in [3.63, 3.8) is 0 Å². The van der Waals surface area contributed by atoms with Crippen molar-refractivity contribution in [2.75, 3.05) is 13.3 Å². The van der Waals surface area contributed by atoms with Crippen molar-refractivity contribution in [2.24, 2.45) is 5.73 Å². The average Bonchev–Trinajstić information content (AvgIpc) is 3.11. The Morgan fingerprint density at radius 1 is 1.10 bits per heavy atom. The van der Waals surface area contributed by atoms with Gasteiger partial charge in [-0.1, -0.05) is 19.3 Å². The summed E-state index contributed by atoms with van der Waals surface area (Å²) in [6.07, 6.45) is 8.38. The van der Waals surface area contributed by atoms with Gasteiger partial charge in [-0.15, -0.1) is 0 Å². The van der Waals surface area contributed by atoms with Gasteiger partial charge in [-0.3, -0.25) is 0 Å². The summed E-state index contributed by atoms with van der Waals surface area (Å²) >= 11 is 0. The highest BCUT2D eigenvalue weighted by Crippen LogP contribution is 2.44. The number of aromatic amines is 1. The molecule has 0 amide bonds. The molecular formula is C16H20N2O2. The Morgan fingerprint density at radius 3 is 2.60 bits per heavy atom. The molecule has 1 aliphatic carbocycles. The maximum absolute atomic E-state index is 6.16. The number of hydrogen-bond acceptors (Lipinski definition) is 3. The molecule has 0 unspecified atom stereocenters. The van der Waals surface area contributed by atoms with Crippen LogP contribution in [0.15, 0.2) is 18.3 Å². The molecule has 3 N–H and O–H groups in total. The first kappa shape index (κ1) is 12.1. The lowest BCUT2D eigenvalue weighted by molar-refractivity contribution is 0.174. The minimum atomic E-state index is 0.129. The Morgan fingerprint density at radius 2 is 1.85 bits per heavy atom. The van der Waals surface area contributed by atoms with Gasteiger partial charge in [0.1, 0.15) is 0 Å². The molecule has 0 spiro atoms. The number of hydrogen-bond donors (Lipinski definition) is 2. The van der Waals surface area contributed by atoms with E-state index in [-0.39, 0.29) is 5.41 Å². The predicted octanol–water partition coefficient (Wildman–Crippen LogP) is 3.06. The van der Waals surface area contributed by atoms with Gasteiger partial charge in [0.15, 0.2) is 11.5 Å². The van der Waals surface area contributed by atoms with Gasteiger partial charge in [-0.2, -0.15) is 0 Å². The smallest absolute Gasteiger partial charge is 0.231 e. The molecule has 4 rings (SSSR count). The molecule has 106 valence electrons. The number of ether oxygens (including phenoxy) is 2. The predicted molar refractivity (Wildman–Crippen MR) is 78.2 cm³/mol. The van der Waals surface area contributed by atoms with E-state index in [0.717, 1.165) is 17.0 Å². The number of aromatic nitrogens is 1. The lowest BCUT2D eigenvalue weighted by Gasteiger charge is -2.36.